The van der Waals surface area contributed by atoms with Crippen LogP contribution in [0.4, 0.5) is 0 Å². The largest absolute Gasteiger partial charge is 0.496 e. The molecule has 0 aliphatic rings. The van der Waals surface area contributed by atoms with Crippen molar-refractivity contribution in [3.63, 3.8) is 0 Å². The maximum absolute atomic E-state index is 11.5. The van der Waals surface area contributed by atoms with Crippen LogP contribution in [0.3, 0.4) is 0 Å². The molecule has 0 fully saturated rings. The number of hydrogen-bond acceptors (Lipinski definition) is 6. The summed E-state index contributed by atoms with van der Waals surface area (Å²) < 4.78 is 38.3. The van der Waals surface area contributed by atoms with Gasteiger partial charge in [-0.15, -0.1) is 0 Å². The number of hydrogen-bond donors (Lipinski definition) is 0. The van der Waals surface area contributed by atoms with Gasteiger partial charge in [0.1, 0.15) is 16.7 Å². The van der Waals surface area contributed by atoms with Gasteiger partial charge in [0.15, 0.2) is 21.3 Å². The SMILES string of the molecule is COc1cc(OC)c(OC)cc1/C=C(\C#N)S(C)(=O)=O. The Kier molecular flexibility index (Phi) is 5.00. The molecular weight excluding hydrogens is 282 g/mol. The van der Waals surface area contributed by atoms with Gasteiger partial charge in [-0.2, -0.15) is 5.26 Å². The molecule has 20 heavy (non-hydrogen) atoms. The van der Waals surface area contributed by atoms with Crippen LogP contribution < -0.4 is 14.2 Å². The molecule has 0 aromatic heterocycles. The summed E-state index contributed by atoms with van der Waals surface area (Å²) in [5.74, 6) is 1.23. The van der Waals surface area contributed by atoms with E-state index in [0.29, 0.717) is 22.8 Å². The van der Waals surface area contributed by atoms with Crippen LogP contribution in [0, 0.1) is 11.3 Å². The second kappa shape index (κ2) is 6.30. The highest BCUT2D eigenvalue weighted by atomic mass is 32.2. The number of ether oxygens (including phenoxy) is 3. The molecular formula is C13H15NO5S. The van der Waals surface area contributed by atoms with Crippen molar-refractivity contribution < 1.29 is 22.6 Å². The zero-order valence-corrected chi connectivity index (χ0v) is 12.4. The molecule has 0 saturated carbocycles. The summed E-state index contributed by atoms with van der Waals surface area (Å²) >= 11 is 0. The average Bonchev–Trinajstić information content (AvgIpc) is 2.42. The molecule has 108 valence electrons. The van der Waals surface area contributed by atoms with Crippen molar-refractivity contribution in [1.29, 1.82) is 5.26 Å². The summed E-state index contributed by atoms with van der Waals surface area (Å²) in [6, 6.07) is 4.75. The van der Waals surface area contributed by atoms with Crippen LogP contribution in [-0.4, -0.2) is 36.0 Å². The van der Waals surface area contributed by atoms with Crippen LogP contribution in [0.1, 0.15) is 5.56 Å². The minimum atomic E-state index is -3.60. The molecule has 6 nitrogen and oxygen atoms in total. The van der Waals surface area contributed by atoms with Crippen molar-refractivity contribution in [1.82, 2.24) is 0 Å². The van der Waals surface area contributed by atoms with Crippen molar-refractivity contribution in [2.75, 3.05) is 27.6 Å². The van der Waals surface area contributed by atoms with E-state index in [1.165, 1.54) is 27.4 Å². The molecule has 1 rings (SSSR count). The molecule has 0 spiro atoms. The van der Waals surface area contributed by atoms with Gasteiger partial charge in [-0.3, -0.25) is 0 Å². The van der Waals surface area contributed by atoms with Crippen LogP contribution in [0.15, 0.2) is 17.0 Å². The zero-order chi connectivity index (χ0) is 15.3. The first kappa shape index (κ1) is 15.9. The summed E-state index contributed by atoms with van der Waals surface area (Å²) in [5.41, 5.74) is 0.409. The maximum Gasteiger partial charge on any atom is 0.185 e. The van der Waals surface area contributed by atoms with Crippen LogP contribution in [-0.2, 0) is 9.84 Å². The number of sulfone groups is 1. The topological polar surface area (TPSA) is 85.6 Å². The minimum Gasteiger partial charge on any atom is -0.496 e. The number of allylic oxidation sites excluding steroid dienone is 1. The lowest BCUT2D eigenvalue weighted by Gasteiger charge is -2.12. The quantitative estimate of drug-likeness (QED) is 0.768. The highest BCUT2D eigenvalue weighted by Crippen LogP contribution is 2.35. The maximum atomic E-state index is 11.5. The molecule has 0 aliphatic carbocycles. The fourth-order valence-corrected chi connectivity index (χ4v) is 2.04. The lowest BCUT2D eigenvalue weighted by atomic mass is 10.1. The molecule has 0 aliphatic heterocycles. The van der Waals surface area contributed by atoms with Crippen LogP contribution in [0.5, 0.6) is 17.2 Å². The van der Waals surface area contributed by atoms with Crippen LogP contribution in [0.2, 0.25) is 0 Å². The third kappa shape index (κ3) is 3.42. The van der Waals surface area contributed by atoms with E-state index in [4.69, 9.17) is 19.5 Å². The first-order valence-electron chi connectivity index (χ1n) is 5.49. The van der Waals surface area contributed by atoms with Gasteiger partial charge in [0.05, 0.1) is 21.3 Å². The Labute approximate surface area is 118 Å². The van der Waals surface area contributed by atoms with E-state index in [2.05, 4.69) is 0 Å². The van der Waals surface area contributed by atoms with Gasteiger partial charge in [-0.25, -0.2) is 8.42 Å². The average molecular weight is 297 g/mol. The highest BCUT2D eigenvalue weighted by molar-refractivity contribution is 7.95. The zero-order valence-electron chi connectivity index (χ0n) is 11.6. The first-order valence-corrected chi connectivity index (χ1v) is 7.38. The molecule has 0 heterocycles. The van der Waals surface area contributed by atoms with E-state index < -0.39 is 9.84 Å². The fourth-order valence-electron chi connectivity index (χ4n) is 1.53. The van der Waals surface area contributed by atoms with Gasteiger partial charge in [-0.1, -0.05) is 0 Å². The van der Waals surface area contributed by atoms with Crippen molar-refractivity contribution in [3.05, 3.63) is 22.6 Å². The van der Waals surface area contributed by atoms with Gasteiger partial charge in [0.25, 0.3) is 0 Å². The molecule has 1 aromatic carbocycles. The Balaban J connectivity index is 3.53. The van der Waals surface area contributed by atoms with Crippen LogP contribution in [0.25, 0.3) is 6.08 Å². The second-order valence-electron chi connectivity index (χ2n) is 3.84. The number of rotatable bonds is 5. The third-order valence-electron chi connectivity index (χ3n) is 2.53. The normalized spacial score (nSPS) is 11.7. The van der Waals surface area contributed by atoms with E-state index in [9.17, 15) is 8.42 Å². The highest BCUT2D eigenvalue weighted by Gasteiger charge is 2.15. The second-order valence-corrected chi connectivity index (χ2v) is 5.83. The van der Waals surface area contributed by atoms with Crippen molar-refractivity contribution in [2.45, 2.75) is 0 Å². The molecule has 0 N–H and O–H groups in total. The Morgan fingerprint density at radius 1 is 1.10 bits per heavy atom. The fraction of sp³-hybridized carbons (Fsp3) is 0.308. The van der Waals surface area contributed by atoms with E-state index in [1.807, 2.05) is 0 Å². The van der Waals surface area contributed by atoms with Gasteiger partial charge in [0.2, 0.25) is 0 Å². The Morgan fingerprint density at radius 3 is 2.00 bits per heavy atom. The smallest absolute Gasteiger partial charge is 0.185 e. The number of nitrogens with zero attached hydrogens (tertiary/aromatic N) is 1. The van der Waals surface area contributed by atoms with Crippen LogP contribution >= 0.6 is 0 Å². The number of methoxy groups -OCH3 is 3. The summed E-state index contributed by atoms with van der Waals surface area (Å²) in [7, 11) is 0.769. The summed E-state index contributed by atoms with van der Waals surface area (Å²) in [6.07, 6.45) is 2.20. The van der Waals surface area contributed by atoms with Crippen molar-refractivity contribution in [3.8, 4) is 23.3 Å². The van der Waals surface area contributed by atoms with E-state index in [-0.39, 0.29) is 4.91 Å². The molecule has 0 unspecified atom stereocenters. The predicted octanol–water partition coefficient (Wildman–Crippen LogP) is 1.62. The van der Waals surface area contributed by atoms with Crippen molar-refractivity contribution >= 4 is 15.9 Å². The molecule has 0 amide bonds. The first-order chi connectivity index (χ1) is 9.37. The third-order valence-corrected chi connectivity index (χ3v) is 3.54. The van der Waals surface area contributed by atoms with Gasteiger partial charge < -0.3 is 14.2 Å². The van der Waals surface area contributed by atoms with Gasteiger partial charge in [0, 0.05) is 17.9 Å². The standard InChI is InChI=1S/C13H15NO5S/c1-17-11-7-13(19-3)12(18-2)6-9(11)5-10(8-14)20(4,15)16/h5-7H,1-4H3/b10-5+. The predicted molar refractivity (Wildman–Crippen MR) is 74.5 cm³/mol. The minimum absolute atomic E-state index is 0.358. The molecule has 0 radical (unpaired) electrons. The van der Waals surface area contributed by atoms with E-state index in [1.54, 1.807) is 18.2 Å². The lowest BCUT2D eigenvalue weighted by molar-refractivity contribution is 0.348. The van der Waals surface area contributed by atoms with Gasteiger partial charge >= 0.3 is 0 Å². The van der Waals surface area contributed by atoms with E-state index in [0.717, 1.165) is 6.26 Å². The van der Waals surface area contributed by atoms with Gasteiger partial charge in [-0.05, 0) is 12.1 Å². The van der Waals surface area contributed by atoms with E-state index >= 15 is 0 Å². The van der Waals surface area contributed by atoms with Crippen molar-refractivity contribution in [2.24, 2.45) is 0 Å². The summed E-state index contributed by atoms with van der Waals surface area (Å²) in [5, 5.41) is 8.92. The summed E-state index contributed by atoms with van der Waals surface area (Å²) in [6.45, 7) is 0. The molecule has 0 bridgehead atoms. The summed E-state index contributed by atoms with van der Waals surface area (Å²) in [4.78, 5) is -0.358. The lowest BCUT2D eigenvalue weighted by Crippen LogP contribution is -2.00. The molecule has 1 aromatic rings. The molecule has 0 atom stereocenters. The molecule has 7 heteroatoms. The monoisotopic (exact) mass is 297 g/mol. The Hall–Kier alpha value is -2.20. The Morgan fingerprint density at radius 2 is 1.60 bits per heavy atom. The number of nitriles is 1. The number of benzene rings is 1. The molecule has 0 saturated heterocycles. The Bertz CT molecular complexity index is 671.